The van der Waals surface area contributed by atoms with Gasteiger partial charge in [-0.05, 0) is 75.1 Å². The molecule has 0 fully saturated rings. The number of ether oxygens (including phenoxy) is 1. The molecule has 0 aliphatic rings. The van der Waals surface area contributed by atoms with Gasteiger partial charge in [0.15, 0.2) is 0 Å². The third-order valence-electron chi connectivity index (χ3n) is 6.76. The molecule has 1 amide bonds. The minimum Gasteiger partial charge on any atom is -0.497 e. The number of methoxy groups -OCH3 is 1. The first-order valence-corrected chi connectivity index (χ1v) is 12.8. The molecular weight excluding hydrogens is 462 g/mol. The molecule has 4 rings (SSSR count). The SMILES string of the molecule is COc1cccc(C(=O)N(CCC(C)C)C(C)c2nc3ccccc3c(=O)n2-c2ccc(C)cc2C)c1. The Labute approximate surface area is 218 Å². The molecule has 0 N–H and O–H groups in total. The van der Waals surface area contributed by atoms with E-state index in [1.165, 1.54) is 0 Å². The van der Waals surface area contributed by atoms with Gasteiger partial charge in [-0.1, -0.05) is 49.7 Å². The van der Waals surface area contributed by atoms with Crippen LogP contribution < -0.4 is 10.3 Å². The summed E-state index contributed by atoms with van der Waals surface area (Å²) in [6.07, 6.45) is 0.821. The highest BCUT2D eigenvalue weighted by atomic mass is 16.5. The van der Waals surface area contributed by atoms with Crippen molar-refractivity contribution in [3.8, 4) is 11.4 Å². The molecule has 6 nitrogen and oxygen atoms in total. The summed E-state index contributed by atoms with van der Waals surface area (Å²) >= 11 is 0. The van der Waals surface area contributed by atoms with E-state index in [2.05, 4.69) is 19.9 Å². The molecule has 37 heavy (non-hydrogen) atoms. The molecule has 4 aromatic rings. The lowest BCUT2D eigenvalue weighted by molar-refractivity contribution is 0.0671. The largest absolute Gasteiger partial charge is 0.497 e. The number of rotatable bonds is 8. The lowest BCUT2D eigenvalue weighted by Gasteiger charge is -2.31. The van der Waals surface area contributed by atoms with Crippen LogP contribution >= 0.6 is 0 Å². The number of fused-ring (bicyclic) bond motifs is 1. The molecule has 0 spiro atoms. The van der Waals surface area contributed by atoms with Crippen molar-refractivity contribution in [3.05, 3.63) is 99.6 Å². The normalized spacial score (nSPS) is 12.1. The van der Waals surface area contributed by atoms with Gasteiger partial charge in [-0.3, -0.25) is 14.2 Å². The predicted octanol–water partition coefficient (Wildman–Crippen LogP) is 6.26. The first-order valence-electron chi connectivity index (χ1n) is 12.8. The monoisotopic (exact) mass is 497 g/mol. The van der Waals surface area contributed by atoms with E-state index in [0.717, 1.165) is 23.2 Å². The molecule has 6 heteroatoms. The molecule has 192 valence electrons. The smallest absolute Gasteiger partial charge is 0.266 e. The van der Waals surface area contributed by atoms with E-state index in [1.54, 1.807) is 29.9 Å². The van der Waals surface area contributed by atoms with Gasteiger partial charge in [-0.15, -0.1) is 0 Å². The molecule has 0 radical (unpaired) electrons. The van der Waals surface area contributed by atoms with Crippen LogP contribution in [0.2, 0.25) is 0 Å². The van der Waals surface area contributed by atoms with Gasteiger partial charge in [-0.25, -0.2) is 4.98 Å². The van der Waals surface area contributed by atoms with Crippen molar-refractivity contribution in [2.75, 3.05) is 13.7 Å². The number of hydrogen-bond acceptors (Lipinski definition) is 4. The van der Waals surface area contributed by atoms with Crippen LogP contribution in [0.3, 0.4) is 0 Å². The maximum atomic E-state index is 13.9. The van der Waals surface area contributed by atoms with E-state index < -0.39 is 6.04 Å². The van der Waals surface area contributed by atoms with E-state index >= 15 is 0 Å². The molecule has 1 unspecified atom stereocenters. The fourth-order valence-corrected chi connectivity index (χ4v) is 4.65. The molecule has 0 saturated heterocycles. The zero-order valence-corrected chi connectivity index (χ0v) is 22.5. The summed E-state index contributed by atoms with van der Waals surface area (Å²) in [5.74, 6) is 1.44. The zero-order chi connectivity index (χ0) is 26.7. The quantitative estimate of drug-likeness (QED) is 0.288. The van der Waals surface area contributed by atoms with Crippen molar-refractivity contribution in [2.45, 2.75) is 47.1 Å². The van der Waals surface area contributed by atoms with Crippen molar-refractivity contribution in [1.82, 2.24) is 14.5 Å². The standard InChI is InChI=1S/C31H35N3O3/c1-20(2)16-17-33(30(35)24-10-9-11-25(19-24)37-6)23(5)29-32-27-13-8-7-12-26(27)31(36)34(29)28-15-14-21(3)18-22(28)4/h7-15,18-20,23H,16-17H2,1-6H3. The predicted molar refractivity (Wildman–Crippen MR) is 149 cm³/mol. The summed E-state index contributed by atoms with van der Waals surface area (Å²) in [5.41, 5.74) is 3.87. The van der Waals surface area contributed by atoms with Crippen molar-refractivity contribution < 1.29 is 9.53 Å². The second-order valence-corrected chi connectivity index (χ2v) is 10.0. The zero-order valence-electron chi connectivity index (χ0n) is 22.5. The summed E-state index contributed by atoms with van der Waals surface area (Å²) in [4.78, 5) is 34.6. The van der Waals surface area contributed by atoms with Crippen LogP contribution in [0.15, 0.2) is 71.5 Å². The van der Waals surface area contributed by atoms with Gasteiger partial charge >= 0.3 is 0 Å². The average Bonchev–Trinajstić information content (AvgIpc) is 2.89. The van der Waals surface area contributed by atoms with E-state index in [1.807, 2.05) is 68.1 Å². The third-order valence-corrected chi connectivity index (χ3v) is 6.76. The molecule has 0 aliphatic carbocycles. The maximum Gasteiger partial charge on any atom is 0.266 e. The van der Waals surface area contributed by atoms with Crippen LogP contribution in [0.5, 0.6) is 5.75 Å². The highest BCUT2D eigenvalue weighted by Gasteiger charge is 2.28. The number of para-hydroxylation sites is 1. The number of aryl methyl sites for hydroxylation is 2. The Morgan fingerprint density at radius 1 is 1.00 bits per heavy atom. The van der Waals surface area contributed by atoms with Gasteiger partial charge in [0.1, 0.15) is 11.6 Å². The van der Waals surface area contributed by atoms with Gasteiger partial charge in [0.25, 0.3) is 11.5 Å². The molecule has 1 heterocycles. The third kappa shape index (κ3) is 5.43. The van der Waals surface area contributed by atoms with Crippen LogP contribution in [-0.2, 0) is 0 Å². The topological polar surface area (TPSA) is 64.4 Å². The summed E-state index contributed by atoms with van der Waals surface area (Å²) in [5, 5.41) is 0.547. The number of nitrogens with zero attached hydrogens (tertiary/aromatic N) is 3. The molecule has 1 aromatic heterocycles. The highest BCUT2D eigenvalue weighted by Crippen LogP contribution is 2.27. The van der Waals surface area contributed by atoms with Gasteiger partial charge < -0.3 is 9.64 Å². The molecule has 3 aromatic carbocycles. The fourth-order valence-electron chi connectivity index (χ4n) is 4.65. The first kappa shape index (κ1) is 26.1. The lowest BCUT2D eigenvalue weighted by Crippen LogP contribution is -2.38. The molecule has 0 bridgehead atoms. The van der Waals surface area contributed by atoms with Crippen LogP contribution in [0.4, 0.5) is 0 Å². The molecule has 0 aliphatic heterocycles. The summed E-state index contributed by atoms with van der Waals surface area (Å²) in [6.45, 7) is 10.8. The average molecular weight is 498 g/mol. The number of hydrogen-bond donors (Lipinski definition) is 0. The van der Waals surface area contributed by atoms with Gasteiger partial charge in [-0.2, -0.15) is 0 Å². The van der Waals surface area contributed by atoms with Crippen LogP contribution in [-0.4, -0.2) is 34.0 Å². The number of carbonyl (C=O) groups excluding carboxylic acids is 1. The van der Waals surface area contributed by atoms with Crippen molar-refractivity contribution in [1.29, 1.82) is 0 Å². The first-order chi connectivity index (χ1) is 17.7. The molecule has 1 atom stereocenters. The lowest BCUT2D eigenvalue weighted by atomic mass is 10.1. The Hall–Kier alpha value is -3.93. The minimum absolute atomic E-state index is 0.123. The highest BCUT2D eigenvalue weighted by molar-refractivity contribution is 5.95. The summed E-state index contributed by atoms with van der Waals surface area (Å²) in [6, 6.07) is 20.1. The summed E-state index contributed by atoms with van der Waals surface area (Å²) in [7, 11) is 1.59. The Morgan fingerprint density at radius 3 is 2.46 bits per heavy atom. The van der Waals surface area contributed by atoms with Crippen LogP contribution in [0.25, 0.3) is 16.6 Å². The van der Waals surface area contributed by atoms with E-state index in [9.17, 15) is 9.59 Å². The Balaban J connectivity index is 1.92. The Morgan fingerprint density at radius 2 is 1.76 bits per heavy atom. The van der Waals surface area contributed by atoms with Gasteiger partial charge in [0.05, 0.1) is 29.7 Å². The van der Waals surface area contributed by atoms with Gasteiger partial charge in [0, 0.05) is 12.1 Å². The number of benzene rings is 3. The minimum atomic E-state index is -0.463. The second-order valence-electron chi connectivity index (χ2n) is 10.0. The van der Waals surface area contributed by atoms with E-state index in [4.69, 9.17) is 9.72 Å². The van der Waals surface area contributed by atoms with Crippen LogP contribution in [0, 0.1) is 19.8 Å². The summed E-state index contributed by atoms with van der Waals surface area (Å²) < 4.78 is 7.05. The van der Waals surface area contributed by atoms with Gasteiger partial charge in [0.2, 0.25) is 0 Å². The fraction of sp³-hybridized carbons (Fsp3) is 0.323. The van der Waals surface area contributed by atoms with E-state index in [-0.39, 0.29) is 11.5 Å². The number of carbonyl (C=O) groups is 1. The second kappa shape index (κ2) is 11.0. The van der Waals surface area contributed by atoms with Crippen LogP contribution in [0.1, 0.15) is 60.5 Å². The van der Waals surface area contributed by atoms with Crippen molar-refractivity contribution >= 4 is 16.8 Å². The molecular formula is C31H35N3O3. The Kier molecular flexibility index (Phi) is 7.77. The molecule has 0 saturated carbocycles. The Bertz CT molecular complexity index is 1490. The maximum absolute atomic E-state index is 13.9. The van der Waals surface area contributed by atoms with Crippen molar-refractivity contribution in [3.63, 3.8) is 0 Å². The van der Waals surface area contributed by atoms with E-state index in [0.29, 0.717) is 40.5 Å². The van der Waals surface area contributed by atoms with Crippen molar-refractivity contribution in [2.24, 2.45) is 5.92 Å². The number of amides is 1. The number of aromatic nitrogens is 2.